The number of benzene rings is 2. The van der Waals surface area contributed by atoms with Gasteiger partial charge in [0.15, 0.2) is 0 Å². The number of halogens is 3. The van der Waals surface area contributed by atoms with Crippen LogP contribution in [0.5, 0.6) is 0 Å². The molecule has 0 aliphatic rings. The molecular formula is C21H21F3N4O. The van der Waals surface area contributed by atoms with Crippen LogP contribution >= 0.6 is 0 Å². The summed E-state index contributed by atoms with van der Waals surface area (Å²) in [5, 5.41) is 10.0. The minimum atomic E-state index is -4.42. The van der Waals surface area contributed by atoms with Crippen LogP contribution in [-0.2, 0) is 17.5 Å². The summed E-state index contributed by atoms with van der Waals surface area (Å²) in [4.78, 5) is 12.1. The smallest absolute Gasteiger partial charge is 0.376 e. The molecule has 0 spiro atoms. The Bertz CT molecular complexity index is 997. The summed E-state index contributed by atoms with van der Waals surface area (Å²) in [7, 11) is 0. The number of amides is 1. The Morgan fingerprint density at radius 2 is 1.79 bits per heavy atom. The standard InChI is InChI=1S/C21H21F3N4O/c1-14-19(15(2)28(27-14)18-9-4-3-5-10-18)12-26-20(29)13-25-17-8-6-7-16(11-17)21(22,23)24/h3-11,25H,12-13H2,1-2H3,(H,26,29). The summed E-state index contributed by atoms with van der Waals surface area (Å²) < 4.78 is 40.1. The Hall–Kier alpha value is -3.29. The highest BCUT2D eigenvalue weighted by molar-refractivity contribution is 5.80. The Kier molecular flexibility index (Phi) is 5.91. The molecule has 0 unspecified atom stereocenters. The Morgan fingerprint density at radius 3 is 2.48 bits per heavy atom. The van der Waals surface area contributed by atoms with Gasteiger partial charge < -0.3 is 10.6 Å². The summed E-state index contributed by atoms with van der Waals surface area (Å²) in [6, 6.07) is 14.4. The lowest BCUT2D eigenvalue weighted by molar-refractivity contribution is -0.137. The van der Waals surface area contributed by atoms with E-state index in [-0.39, 0.29) is 24.7 Å². The molecular weight excluding hydrogens is 381 g/mol. The molecule has 0 atom stereocenters. The highest BCUT2D eigenvalue weighted by Crippen LogP contribution is 2.30. The van der Waals surface area contributed by atoms with E-state index < -0.39 is 11.7 Å². The van der Waals surface area contributed by atoms with E-state index in [9.17, 15) is 18.0 Å². The molecule has 2 N–H and O–H groups in total. The lowest BCUT2D eigenvalue weighted by Gasteiger charge is -2.11. The van der Waals surface area contributed by atoms with Crippen LogP contribution in [0.15, 0.2) is 54.6 Å². The Balaban J connectivity index is 1.60. The highest BCUT2D eigenvalue weighted by Gasteiger charge is 2.30. The summed E-state index contributed by atoms with van der Waals surface area (Å²) in [6.45, 7) is 3.95. The van der Waals surface area contributed by atoms with Gasteiger partial charge in [-0.2, -0.15) is 18.3 Å². The molecule has 1 heterocycles. The normalized spacial score (nSPS) is 11.3. The number of hydrogen-bond acceptors (Lipinski definition) is 3. The van der Waals surface area contributed by atoms with Crippen molar-refractivity contribution in [3.05, 3.63) is 77.1 Å². The molecule has 2 aromatic carbocycles. The third kappa shape index (κ3) is 4.96. The molecule has 0 radical (unpaired) electrons. The van der Waals surface area contributed by atoms with Crippen molar-refractivity contribution >= 4 is 11.6 Å². The van der Waals surface area contributed by atoms with E-state index in [2.05, 4.69) is 15.7 Å². The number of rotatable bonds is 6. The molecule has 5 nitrogen and oxygen atoms in total. The maximum atomic E-state index is 12.8. The zero-order valence-corrected chi connectivity index (χ0v) is 16.0. The zero-order valence-electron chi connectivity index (χ0n) is 16.0. The van der Waals surface area contributed by atoms with E-state index in [0.717, 1.165) is 34.8 Å². The van der Waals surface area contributed by atoms with E-state index in [1.165, 1.54) is 12.1 Å². The molecule has 0 saturated heterocycles. The second kappa shape index (κ2) is 8.38. The van der Waals surface area contributed by atoms with Crippen molar-refractivity contribution in [3.63, 3.8) is 0 Å². The number of carbonyl (C=O) groups is 1. The molecule has 0 aliphatic heterocycles. The number of anilines is 1. The van der Waals surface area contributed by atoms with Crippen molar-refractivity contribution in [1.29, 1.82) is 0 Å². The largest absolute Gasteiger partial charge is 0.416 e. The van der Waals surface area contributed by atoms with Crippen molar-refractivity contribution < 1.29 is 18.0 Å². The molecule has 8 heteroatoms. The molecule has 0 saturated carbocycles. The predicted molar refractivity (Wildman–Crippen MR) is 105 cm³/mol. The molecule has 0 aliphatic carbocycles. The summed E-state index contributed by atoms with van der Waals surface area (Å²) in [5.41, 5.74) is 3.03. The van der Waals surface area contributed by atoms with Crippen LogP contribution in [0.25, 0.3) is 5.69 Å². The molecule has 1 aromatic heterocycles. The van der Waals surface area contributed by atoms with Crippen LogP contribution in [-0.4, -0.2) is 22.2 Å². The van der Waals surface area contributed by atoms with Gasteiger partial charge in [-0.1, -0.05) is 24.3 Å². The first-order valence-corrected chi connectivity index (χ1v) is 9.04. The molecule has 3 aromatic rings. The molecule has 3 rings (SSSR count). The van der Waals surface area contributed by atoms with Crippen molar-refractivity contribution in [3.8, 4) is 5.69 Å². The maximum absolute atomic E-state index is 12.8. The fourth-order valence-electron chi connectivity index (χ4n) is 2.99. The van der Waals surface area contributed by atoms with Gasteiger partial charge >= 0.3 is 6.18 Å². The van der Waals surface area contributed by atoms with Crippen molar-refractivity contribution in [1.82, 2.24) is 15.1 Å². The zero-order chi connectivity index (χ0) is 21.0. The Morgan fingerprint density at radius 1 is 1.07 bits per heavy atom. The minimum absolute atomic E-state index is 0.133. The van der Waals surface area contributed by atoms with E-state index >= 15 is 0 Å². The number of aromatic nitrogens is 2. The number of carbonyl (C=O) groups excluding carboxylic acids is 1. The second-order valence-electron chi connectivity index (χ2n) is 6.61. The summed E-state index contributed by atoms with van der Waals surface area (Å²) >= 11 is 0. The number of hydrogen-bond donors (Lipinski definition) is 2. The number of nitrogens with one attached hydrogen (secondary N) is 2. The van der Waals surface area contributed by atoms with Gasteiger partial charge in [-0.05, 0) is 44.2 Å². The second-order valence-corrected chi connectivity index (χ2v) is 6.61. The number of aryl methyl sites for hydroxylation is 1. The maximum Gasteiger partial charge on any atom is 0.416 e. The highest BCUT2D eigenvalue weighted by atomic mass is 19.4. The number of nitrogens with zero attached hydrogens (tertiary/aromatic N) is 2. The van der Waals surface area contributed by atoms with Gasteiger partial charge in [-0.15, -0.1) is 0 Å². The van der Waals surface area contributed by atoms with Crippen molar-refractivity contribution in [2.24, 2.45) is 0 Å². The fraction of sp³-hybridized carbons (Fsp3) is 0.238. The van der Waals surface area contributed by atoms with Gasteiger partial charge in [0.1, 0.15) is 0 Å². The summed E-state index contributed by atoms with van der Waals surface area (Å²) in [6.07, 6.45) is -4.42. The summed E-state index contributed by atoms with van der Waals surface area (Å²) in [5.74, 6) is -0.325. The molecule has 0 fully saturated rings. The monoisotopic (exact) mass is 402 g/mol. The van der Waals surface area contributed by atoms with Crippen molar-refractivity contribution in [2.45, 2.75) is 26.6 Å². The number of alkyl halides is 3. The quantitative estimate of drug-likeness (QED) is 0.649. The van der Waals surface area contributed by atoms with E-state index in [4.69, 9.17) is 0 Å². The van der Waals surface area contributed by atoms with Gasteiger partial charge in [0.2, 0.25) is 5.91 Å². The lowest BCUT2D eigenvalue weighted by atomic mass is 10.2. The molecule has 152 valence electrons. The van der Waals surface area contributed by atoms with E-state index in [0.29, 0.717) is 0 Å². The molecule has 0 bridgehead atoms. The van der Waals surface area contributed by atoms with Crippen LogP contribution in [0.4, 0.5) is 18.9 Å². The third-order valence-corrected chi connectivity index (χ3v) is 4.55. The van der Waals surface area contributed by atoms with Gasteiger partial charge in [0, 0.05) is 23.5 Å². The topological polar surface area (TPSA) is 59.0 Å². The third-order valence-electron chi connectivity index (χ3n) is 4.55. The first-order chi connectivity index (χ1) is 13.8. The van der Waals surface area contributed by atoms with Crippen LogP contribution < -0.4 is 10.6 Å². The van der Waals surface area contributed by atoms with Gasteiger partial charge in [-0.25, -0.2) is 4.68 Å². The average molecular weight is 402 g/mol. The predicted octanol–water partition coefficient (Wildman–Crippen LogP) is 4.24. The van der Waals surface area contributed by atoms with E-state index in [1.54, 1.807) is 0 Å². The minimum Gasteiger partial charge on any atom is -0.376 e. The average Bonchev–Trinajstić information content (AvgIpc) is 2.98. The molecule has 29 heavy (non-hydrogen) atoms. The SMILES string of the molecule is Cc1nn(-c2ccccc2)c(C)c1CNC(=O)CNc1cccc(C(F)(F)F)c1. The van der Waals surface area contributed by atoms with Crippen LogP contribution in [0.3, 0.4) is 0 Å². The van der Waals surface area contributed by atoms with E-state index in [1.807, 2.05) is 48.9 Å². The first-order valence-electron chi connectivity index (χ1n) is 9.04. The fourth-order valence-corrected chi connectivity index (χ4v) is 2.99. The van der Waals surface area contributed by atoms with Crippen LogP contribution in [0.2, 0.25) is 0 Å². The first kappa shape index (κ1) is 20.4. The van der Waals surface area contributed by atoms with Gasteiger partial charge in [-0.3, -0.25) is 4.79 Å². The van der Waals surface area contributed by atoms with Crippen molar-refractivity contribution in [2.75, 3.05) is 11.9 Å². The lowest BCUT2D eigenvalue weighted by Crippen LogP contribution is -2.29. The Labute approximate surface area is 166 Å². The number of para-hydroxylation sites is 1. The molecule has 1 amide bonds. The van der Waals surface area contributed by atoms with Gasteiger partial charge in [0.25, 0.3) is 0 Å². The van der Waals surface area contributed by atoms with Crippen LogP contribution in [0.1, 0.15) is 22.5 Å². The van der Waals surface area contributed by atoms with Crippen LogP contribution in [0, 0.1) is 13.8 Å². The van der Waals surface area contributed by atoms with Gasteiger partial charge in [0.05, 0.1) is 23.5 Å².